The zero-order chi connectivity index (χ0) is 18.5. The summed E-state index contributed by atoms with van der Waals surface area (Å²) in [7, 11) is -3.34. The van der Waals surface area contributed by atoms with Crippen LogP contribution in [-0.2, 0) is 14.6 Å². The first-order chi connectivity index (χ1) is 11.7. The number of amides is 1. The molecule has 1 heterocycles. The monoisotopic (exact) mass is 421 g/mol. The Morgan fingerprint density at radius 2 is 1.77 bits per heavy atom. The molecule has 0 aromatic carbocycles. The molecule has 11 heteroatoms. The van der Waals surface area contributed by atoms with Gasteiger partial charge in [0.05, 0.1) is 11.0 Å². The van der Waals surface area contributed by atoms with Gasteiger partial charge in [-0.05, 0) is 12.8 Å². The standard InChI is InChI=1S/C15H26F3N3O3S.ClH/c16-15(17,18)13(21-8-6-19-7-9-21)11-20-14(22)5-10-25(23,24)12-3-1-2-4-12;/h12-13,19H,1-11H2,(H,20,22);1H. The van der Waals surface area contributed by atoms with Gasteiger partial charge in [-0.2, -0.15) is 13.2 Å². The Morgan fingerprint density at radius 1 is 1.19 bits per heavy atom. The molecule has 1 aliphatic heterocycles. The second-order valence-corrected chi connectivity index (χ2v) is 9.07. The lowest BCUT2D eigenvalue weighted by molar-refractivity contribution is -0.184. The van der Waals surface area contributed by atoms with Crippen molar-refractivity contribution in [1.29, 1.82) is 0 Å². The highest BCUT2D eigenvalue weighted by molar-refractivity contribution is 7.92. The van der Waals surface area contributed by atoms with E-state index in [9.17, 15) is 26.4 Å². The largest absolute Gasteiger partial charge is 0.405 e. The summed E-state index contributed by atoms with van der Waals surface area (Å²) in [4.78, 5) is 13.1. The van der Waals surface area contributed by atoms with Crippen LogP contribution in [0.4, 0.5) is 13.2 Å². The Morgan fingerprint density at radius 3 is 2.31 bits per heavy atom. The van der Waals surface area contributed by atoms with Crippen LogP contribution in [-0.4, -0.2) is 75.2 Å². The molecular weight excluding hydrogens is 395 g/mol. The van der Waals surface area contributed by atoms with E-state index in [0.29, 0.717) is 25.9 Å². The minimum Gasteiger partial charge on any atom is -0.354 e. The van der Waals surface area contributed by atoms with Gasteiger partial charge < -0.3 is 10.6 Å². The van der Waals surface area contributed by atoms with Crippen molar-refractivity contribution < 1.29 is 26.4 Å². The van der Waals surface area contributed by atoms with E-state index in [1.165, 1.54) is 4.90 Å². The molecule has 2 fully saturated rings. The number of sulfone groups is 1. The lowest BCUT2D eigenvalue weighted by Gasteiger charge is -2.35. The van der Waals surface area contributed by atoms with Crippen molar-refractivity contribution in [3.63, 3.8) is 0 Å². The summed E-state index contributed by atoms with van der Waals surface area (Å²) in [5, 5.41) is 4.85. The van der Waals surface area contributed by atoms with Gasteiger partial charge in [0.2, 0.25) is 5.91 Å². The number of halogens is 4. The van der Waals surface area contributed by atoms with Crippen molar-refractivity contribution in [2.24, 2.45) is 0 Å². The molecule has 0 bridgehead atoms. The van der Waals surface area contributed by atoms with Gasteiger partial charge >= 0.3 is 6.18 Å². The summed E-state index contributed by atoms with van der Waals surface area (Å²) in [6.07, 6.45) is -1.76. The number of hydrogen-bond acceptors (Lipinski definition) is 5. The number of hydrogen-bond donors (Lipinski definition) is 2. The molecule has 0 spiro atoms. The molecule has 2 aliphatic rings. The molecule has 26 heavy (non-hydrogen) atoms. The van der Waals surface area contributed by atoms with Gasteiger partial charge in [-0.3, -0.25) is 9.69 Å². The fourth-order valence-corrected chi connectivity index (χ4v) is 5.25. The fourth-order valence-electron chi connectivity index (χ4n) is 3.39. The van der Waals surface area contributed by atoms with Crippen molar-refractivity contribution in [1.82, 2.24) is 15.5 Å². The average Bonchev–Trinajstić information content (AvgIpc) is 3.08. The Balaban J connectivity index is 0.00000338. The average molecular weight is 422 g/mol. The van der Waals surface area contributed by atoms with Crippen molar-refractivity contribution in [2.75, 3.05) is 38.5 Å². The predicted octanol–water partition coefficient (Wildman–Crippen LogP) is 1.11. The zero-order valence-electron chi connectivity index (χ0n) is 14.6. The van der Waals surface area contributed by atoms with Crippen LogP contribution in [0.25, 0.3) is 0 Å². The highest BCUT2D eigenvalue weighted by Gasteiger charge is 2.43. The maximum Gasteiger partial charge on any atom is 0.405 e. The first kappa shape index (κ1) is 23.5. The Bertz CT molecular complexity index is 548. The Kier molecular flexibility index (Phi) is 9.11. The molecule has 2 N–H and O–H groups in total. The normalized spacial score (nSPS) is 21.2. The third-order valence-electron chi connectivity index (χ3n) is 4.89. The highest BCUT2D eigenvalue weighted by atomic mass is 35.5. The molecule has 0 aromatic rings. The number of carbonyl (C=O) groups excluding carboxylic acids is 1. The van der Waals surface area contributed by atoms with Crippen molar-refractivity contribution in [3.8, 4) is 0 Å². The van der Waals surface area contributed by atoms with Crippen molar-refractivity contribution >= 4 is 28.2 Å². The number of piperazine rings is 1. The summed E-state index contributed by atoms with van der Waals surface area (Å²) in [6.45, 7) is 0.915. The maximum atomic E-state index is 13.2. The molecule has 1 unspecified atom stereocenters. The first-order valence-corrected chi connectivity index (χ1v) is 10.4. The number of alkyl halides is 3. The van der Waals surface area contributed by atoms with E-state index < -0.39 is 39.8 Å². The third kappa shape index (κ3) is 6.86. The fraction of sp³-hybridized carbons (Fsp3) is 0.933. The molecule has 1 saturated carbocycles. The number of rotatable bonds is 7. The van der Waals surface area contributed by atoms with Gasteiger partial charge in [0, 0.05) is 39.1 Å². The molecule has 1 aliphatic carbocycles. The molecule has 2 rings (SSSR count). The van der Waals surface area contributed by atoms with Gasteiger partial charge in [-0.15, -0.1) is 12.4 Å². The molecule has 0 aromatic heterocycles. The van der Waals surface area contributed by atoms with Crippen molar-refractivity contribution in [3.05, 3.63) is 0 Å². The summed E-state index contributed by atoms with van der Waals surface area (Å²) in [5.74, 6) is -0.945. The molecule has 1 saturated heterocycles. The van der Waals surface area contributed by atoms with Crippen molar-refractivity contribution in [2.45, 2.75) is 49.6 Å². The number of nitrogens with one attached hydrogen (secondary N) is 2. The van der Waals surface area contributed by atoms with E-state index >= 15 is 0 Å². The first-order valence-electron chi connectivity index (χ1n) is 8.70. The molecule has 1 atom stereocenters. The highest BCUT2D eigenvalue weighted by Crippen LogP contribution is 2.26. The van der Waals surface area contributed by atoms with Crippen LogP contribution in [0.1, 0.15) is 32.1 Å². The Hall–Kier alpha value is -0.580. The maximum absolute atomic E-state index is 13.2. The van der Waals surface area contributed by atoms with E-state index in [2.05, 4.69) is 10.6 Å². The summed E-state index contributed by atoms with van der Waals surface area (Å²) in [5.41, 5.74) is 0. The molecule has 1 amide bonds. The van der Waals surface area contributed by atoms with Crippen LogP contribution in [0.3, 0.4) is 0 Å². The van der Waals surface area contributed by atoms with E-state index in [-0.39, 0.29) is 37.7 Å². The predicted molar refractivity (Wildman–Crippen MR) is 95.2 cm³/mol. The number of carbonyl (C=O) groups is 1. The molecule has 154 valence electrons. The van der Waals surface area contributed by atoms with Crippen LogP contribution in [0, 0.1) is 0 Å². The van der Waals surface area contributed by atoms with E-state index in [1.54, 1.807) is 0 Å². The smallest absolute Gasteiger partial charge is 0.354 e. The van der Waals surface area contributed by atoms with Crippen LogP contribution in [0.2, 0.25) is 0 Å². The quantitative estimate of drug-likeness (QED) is 0.643. The van der Waals surface area contributed by atoms with E-state index in [1.807, 2.05) is 0 Å². The second kappa shape index (κ2) is 10.1. The topological polar surface area (TPSA) is 78.5 Å². The summed E-state index contributed by atoms with van der Waals surface area (Å²) in [6, 6.07) is -1.75. The third-order valence-corrected chi connectivity index (χ3v) is 7.15. The van der Waals surface area contributed by atoms with Crippen LogP contribution >= 0.6 is 12.4 Å². The Labute approximate surface area is 158 Å². The lowest BCUT2D eigenvalue weighted by atomic mass is 10.2. The minimum atomic E-state index is -4.44. The molecular formula is C15H27ClF3N3O3S. The van der Waals surface area contributed by atoms with Crippen LogP contribution < -0.4 is 10.6 Å². The van der Waals surface area contributed by atoms with Gasteiger partial charge in [0.1, 0.15) is 6.04 Å². The zero-order valence-corrected chi connectivity index (χ0v) is 16.2. The molecule has 6 nitrogen and oxygen atoms in total. The van der Waals surface area contributed by atoms with E-state index in [4.69, 9.17) is 0 Å². The van der Waals surface area contributed by atoms with Gasteiger partial charge in [-0.1, -0.05) is 12.8 Å². The SMILES string of the molecule is Cl.O=C(CCS(=O)(=O)C1CCCC1)NCC(N1CCNCC1)C(F)(F)F. The van der Waals surface area contributed by atoms with Crippen LogP contribution in [0.15, 0.2) is 0 Å². The van der Waals surface area contributed by atoms with Crippen LogP contribution in [0.5, 0.6) is 0 Å². The van der Waals surface area contributed by atoms with Gasteiger partial charge in [0.25, 0.3) is 0 Å². The summed E-state index contributed by atoms with van der Waals surface area (Å²) >= 11 is 0. The number of nitrogens with zero attached hydrogens (tertiary/aromatic N) is 1. The van der Waals surface area contributed by atoms with Gasteiger partial charge in [0.15, 0.2) is 9.84 Å². The summed E-state index contributed by atoms with van der Waals surface area (Å²) < 4.78 is 63.9. The molecule has 0 radical (unpaired) electrons. The second-order valence-electron chi connectivity index (χ2n) is 6.67. The van der Waals surface area contributed by atoms with E-state index in [0.717, 1.165) is 12.8 Å². The lowest BCUT2D eigenvalue weighted by Crippen LogP contribution is -2.57. The minimum absolute atomic E-state index is 0. The van der Waals surface area contributed by atoms with Gasteiger partial charge in [-0.25, -0.2) is 8.42 Å².